The van der Waals surface area contributed by atoms with Gasteiger partial charge in [0.25, 0.3) is 0 Å². The lowest BCUT2D eigenvalue weighted by Gasteiger charge is -2.28. The van der Waals surface area contributed by atoms with Gasteiger partial charge in [0, 0.05) is 0 Å². The van der Waals surface area contributed by atoms with Crippen LogP contribution in [0.2, 0.25) is 0 Å². The predicted octanol–water partition coefficient (Wildman–Crippen LogP) is 4.26. The molecule has 0 spiro atoms. The molecule has 4 nitrogen and oxygen atoms in total. The molecule has 0 heterocycles. The van der Waals surface area contributed by atoms with Crippen LogP contribution >= 0.6 is 0 Å². The Balaban J connectivity index is 2.27. The van der Waals surface area contributed by atoms with E-state index in [1.165, 1.54) is 25.7 Å². The minimum absolute atomic E-state index is 0.202. The zero-order chi connectivity index (χ0) is 16.2. The second kappa shape index (κ2) is 11.5. The second-order valence-corrected chi connectivity index (χ2v) is 6.18. The van der Waals surface area contributed by atoms with Gasteiger partial charge in [0.2, 0.25) is 0 Å². The van der Waals surface area contributed by atoms with Crippen LogP contribution in [0.25, 0.3) is 0 Å². The highest BCUT2D eigenvalue weighted by Gasteiger charge is 2.37. The van der Waals surface area contributed by atoms with Gasteiger partial charge in [-0.25, -0.2) is 0 Å². The van der Waals surface area contributed by atoms with Crippen LogP contribution in [0.1, 0.15) is 78.1 Å². The normalized spacial score (nSPS) is 21.4. The molecule has 0 aromatic carbocycles. The first-order valence-corrected chi connectivity index (χ1v) is 9.04. The standard InChI is InChI=1S/C18H32O4/c1-3-5-6-7-8-11-14-22-18(20)16-13-10-9-12-15(16)17(19)21-4-2/h15-16H,3-14H2,1-2H3. The van der Waals surface area contributed by atoms with Crippen LogP contribution in [0.5, 0.6) is 0 Å². The molecule has 0 N–H and O–H groups in total. The van der Waals surface area contributed by atoms with E-state index in [2.05, 4.69) is 6.92 Å². The van der Waals surface area contributed by atoms with E-state index in [1.54, 1.807) is 6.92 Å². The number of hydrogen-bond acceptors (Lipinski definition) is 4. The van der Waals surface area contributed by atoms with Crippen molar-refractivity contribution in [1.29, 1.82) is 0 Å². The summed E-state index contributed by atoms with van der Waals surface area (Å²) in [6.07, 6.45) is 10.5. The average molecular weight is 312 g/mol. The van der Waals surface area contributed by atoms with Crippen molar-refractivity contribution in [2.75, 3.05) is 13.2 Å². The molecule has 0 aromatic rings. The van der Waals surface area contributed by atoms with Crippen molar-refractivity contribution >= 4 is 11.9 Å². The minimum Gasteiger partial charge on any atom is -0.466 e. The lowest BCUT2D eigenvalue weighted by Crippen LogP contribution is -2.35. The van der Waals surface area contributed by atoms with Crippen molar-refractivity contribution in [2.45, 2.75) is 78.1 Å². The van der Waals surface area contributed by atoms with E-state index in [9.17, 15) is 9.59 Å². The van der Waals surface area contributed by atoms with E-state index in [-0.39, 0.29) is 23.8 Å². The molecular formula is C18H32O4. The molecule has 0 aliphatic heterocycles. The summed E-state index contributed by atoms with van der Waals surface area (Å²) in [5, 5.41) is 0. The van der Waals surface area contributed by atoms with Crippen molar-refractivity contribution in [2.24, 2.45) is 11.8 Å². The molecule has 1 rings (SSSR count). The van der Waals surface area contributed by atoms with E-state index in [0.717, 1.165) is 38.5 Å². The molecule has 1 aliphatic carbocycles. The number of hydrogen-bond donors (Lipinski definition) is 0. The largest absolute Gasteiger partial charge is 0.466 e. The van der Waals surface area contributed by atoms with E-state index < -0.39 is 0 Å². The van der Waals surface area contributed by atoms with Crippen LogP contribution in [0.4, 0.5) is 0 Å². The summed E-state index contributed by atoms with van der Waals surface area (Å²) >= 11 is 0. The molecule has 22 heavy (non-hydrogen) atoms. The van der Waals surface area contributed by atoms with Gasteiger partial charge in [-0.3, -0.25) is 9.59 Å². The Labute approximate surface area is 134 Å². The van der Waals surface area contributed by atoms with Crippen LogP contribution in [0.3, 0.4) is 0 Å². The molecule has 4 heteroatoms. The van der Waals surface area contributed by atoms with Crippen molar-refractivity contribution in [3.8, 4) is 0 Å². The lowest BCUT2D eigenvalue weighted by atomic mass is 9.79. The van der Waals surface area contributed by atoms with Crippen LogP contribution in [0, 0.1) is 11.8 Å². The molecule has 0 aromatic heterocycles. The number of rotatable bonds is 10. The molecule has 1 aliphatic rings. The summed E-state index contributed by atoms with van der Waals surface area (Å²) < 4.78 is 10.5. The first-order valence-electron chi connectivity index (χ1n) is 9.04. The first-order chi connectivity index (χ1) is 10.7. The number of ether oxygens (including phenoxy) is 2. The van der Waals surface area contributed by atoms with Crippen LogP contribution in [-0.4, -0.2) is 25.2 Å². The van der Waals surface area contributed by atoms with Gasteiger partial charge in [-0.05, 0) is 26.2 Å². The monoisotopic (exact) mass is 312 g/mol. The highest BCUT2D eigenvalue weighted by molar-refractivity contribution is 5.82. The number of esters is 2. The molecule has 2 unspecified atom stereocenters. The van der Waals surface area contributed by atoms with Crippen LogP contribution < -0.4 is 0 Å². The summed E-state index contributed by atoms with van der Waals surface area (Å²) in [5.41, 5.74) is 0. The molecular weight excluding hydrogens is 280 g/mol. The zero-order valence-electron chi connectivity index (χ0n) is 14.3. The zero-order valence-corrected chi connectivity index (χ0v) is 14.3. The Morgan fingerprint density at radius 3 is 1.95 bits per heavy atom. The summed E-state index contributed by atoms with van der Waals surface area (Å²) in [7, 11) is 0. The predicted molar refractivity (Wildman–Crippen MR) is 86.4 cm³/mol. The molecule has 0 amide bonds. The van der Waals surface area contributed by atoms with Gasteiger partial charge in [0.1, 0.15) is 0 Å². The number of unbranched alkanes of at least 4 members (excludes halogenated alkanes) is 5. The Morgan fingerprint density at radius 1 is 0.818 bits per heavy atom. The minimum atomic E-state index is -0.300. The maximum Gasteiger partial charge on any atom is 0.309 e. The van der Waals surface area contributed by atoms with E-state index in [4.69, 9.17) is 9.47 Å². The van der Waals surface area contributed by atoms with Gasteiger partial charge in [-0.15, -0.1) is 0 Å². The van der Waals surface area contributed by atoms with E-state index in [1.807, 2.05) is 0 Å². The molecule has 0 bridgehead atoms. The Morgan fingerprint density at radius 2 is 1.36 bits per heavy atom. The fourth-order valence-electron chi connectivity index (χ4n) is 3.11. The molecule has 128 valence electrons. The van der Waals surface area contributed by atoms with Gasteiger partial charge >= 0.3 is 11.9 Å². The van der Waals surface area contributed by atoms with Crippen molar-refractivity contribution in [1.82, 2.24) is 0 Å². The summed E-state index contributed by atoms with van der Waals surface area (Å²) in [6, 6.07) is 0. The molecule has 1 saturated carbocycles. The third-order valence-electron chi connectivity index (χ3n) is 4.40. The SMILES string of the molecule is CCCCCCCCOC(=O)C1CCCCC1C(=O)OCC. The second-order valence-electron chi connectivity index (χ2n) is 6.18. The topological polar surface area (TPSA) is 52.6 Å². The lowest BCUT2D eigenvalue weighted by molar-refractivity contribution is -0.162. The molecule has 0 saturated heterocycles. The first kappa shape index (κ1) is 19.0. The van der Waals surface area contributed by atoms with E-state index >= 15 is 0 Å². The van der Waals surface area contributed by atoms with Gasteiger partial charge in [-0.1, -0.05) is 51.9 Å². The maximum absolute atomic E-state index is 12.2. The summed E-state index contributed by atoms with van der Waals surface area (Å²) in [4.78, 5) is 24.2. The highest BCUT2D eigenvalue weighted by atomic mass is 16.5. The quantitative estimate of drug-likeness (QED) is 0.447. The molecule has 2 atom stereocenters. The van der Waals surface area contributed by atoms with Gasteiger partial charge in [0.05, 0.1) is 25.0 Å². The average Bonchev–Trinajstić information content (AvgIpc) is 2.54. The maximum atomic E-state index is 12.2. The van der Waals surface area contributed by atoms with Crippen molar-refractivity contribution in [3.05, 3.63) is 0 Å². The smallest absolute Gasteiger partial charge is 0.309 e. The number of carbonyl (C=O) groups is 2. The molecule has 1 fully saturated rings. The van der Waals surface area contributed by atoms with Crippen molar-refractivity contribution < 1.29 is 19.1 Å². The Hall–Kier alpha value is -1.06. The Kier molecular flexibility index (Phi) is 9.93. The molecule has 0 radical (unpaired) electrons. The number of carbonyl (C=O) groups excluding carboxylic acids is 2. The summed E-state index contributed by atoms with van der Waals surface area (Å²) in [6.45, 7) is 4.85. The van der Waals surface area contributed by atoms with Crippen molar-refractivity contribution in [3.63, 3.8) is 0 Å². The highest BCUT2D eigenvalue weighted by Crippen LogP contribution is 2.32. The van der Waals surface area contributed by atoms with Gasteiger partial charge in [-0.2, -0.15) is 0 Å². The fraction of sp³-hybridized carbons (Fsp3) is 0.889. The third kappa shape index (κ3) is 6.80. The Bertz CT molecular complexity index is 327. The van der Waals surface area contributed by atoms with Crippen LogP contribution in [-0.2, 0) is 19.1 Å². The third-order valence-corrected chi connectivity index (χ3v) is 4.40. The van der Waals surface area contributed by atoms with Crippen LogP contribution in [0.15, 0.2) is 0 Å². The fourth-order valence-corrected chi connectivity index (χ4v) is 3.11. The summed E-state index contributed by atoms with van der Waals surface area (Å²) in [5.74, 6) is -1.03. The van der Waals surface area contributed by atoms with Gasteiger partial charge < -0.3 is 9.47 Å². The van der Waals surface area contributed by atoms with E-state index in [0.29, 0.717) is 13.2 Å². The van der Waals surface area contributed by atoms with Gasteiger partial charge in [0.15, 0.2) is 0 Å².